The summed E-state index contributed by atoms with van der Waals surface area (Å²) in [5.74, 6) is 0. The topological polar surface area (TPSA) is 54.5 Å². The molecule has 2 atom stereocenters. The number of piperidine rings is 1. The van der Waals surface area contributed by atoms with Crippen molar-refractivity contribution in [1.82, 2.24) is 15.2 Å². The van der Waals surface area contributed by atoms with E-state index >= 15 is 0 Å². The van der Waals surface area contributed by atoms with Crippen LogP contribution in [0.5, 0.6) is 0 Å². The van der Waals surface area contributed by atoms with Crippen LogP contribution in [-0.4, -0.2) is 40.7 Å². The molecule has 1 aliphatic rings. The van der Waals surface area contributed by atoms with Gasteiger partial charge in [0.05, 0.1) is 10.7 Å². The maximum Gasteiger partial charge on any atom is 0.410 e. The van der Waals surface area contributed by atoms with Crippen LogP contribution in [0.15, 0.2) is 0 Å². The van der Waals surface area contributed by atoms with E-state index in [9.17, 15) is 4.79 Å². The van der Waals surface area contributed by atoms with Gasteiger partial charge in [-0.3, -0.25) is 0 Å². The first-order valence-corrected chi connectivity index (χ1v) is 9.15. The Morgan fingerprint density at radius 3 is 2.70 bits per heavy atom. The third kappa shape index (κ3) is 5.18. The number of carbonyl (C=O) groups is 1. The zero-order chi connectivity index (χ0) is 17.2. The summed E-state index contributed by atoms with van der Waals surface area (Å²) in [6.45, 7) is 13.5. The lowest BCUT2D eigenvalue weighted by molar-refractivity contribution is 0.0183. The van der Waals surface area contributed by atoms with E-state index in [0.29, 0.717) is 6.54 Å². The van der Waals surface area contributed by atoms with Crippen LogP contribution in [0.25, 0.3) is 0 Å². The molecule has 2 unspecified atom stereocenters. The Labute approximate surface area is 143 Å². The Hall–Kier alpha value is -1.14. The number of carbonyl (C=O) groups excluding carboxylic acids is 1. The highest BCUT2D eigenvalue weighted by molar-refractivity contribution is 7.11. The molecule has 23 heavy (non-hydrogen) atoms. The van der Waals surface area contributed by atoms with Crippen molar-refractivity contribution in [2.75, 3.05) is 13.1 Å². The zero-order valence-corrected chi connectivity index (χ0v) is 15.9. The van der Waals surface area contributed by atoms with Gasteiger partial charge in [-0.15, -0.1) is 11.3 Å². The normalized spacial score (nSPS) is 20.4. The summed E-state index contributed by atoms with van der Waals surface area (Å²) in [5, 5.41) is 4.73. The molecule has 0 spiro atoms. The van der Waals surface area contributed by atoms with Gasteiger partial charge in [-0.2, -0.15) is 0 Å². The van der Waals surface area contributed by atoms with Crippen LogP contribution in [0, 0.1) is 13.8 Å². The molecule has 1 aliphatic heterocycles. The fraction of sp³-hybridized carbons (Fsp3) is 0.765. The van der Waals surface area contributed by atoms with Gasteiger partial charge in [-0.05, 0) is 54.4 Å². The molecule has 5 nitrogen and oxygen atoms in total. The van der Waals surface area contributed by atoms with Crippen molar-refractivity contribution in [2.45, 2.75) is 72.1 Å². The lowest BCUT2D eigenvalue weighted by Crippen LogP contribution is -2.49. The summed E-state index contributed by atoms with van der Waals surface area (Å²) in [6, 6.07) is 0.483. The highest BCUT2D eigenvalue weighted by Crippen LogP contribution is 2.24. The van der Waals surface area contributed by atoms with E-state index in [1.54, 1.807) is 11.3 Å². The largest absolute Gasteiger partial charge is 0.444 e. The summed E-state index contributed by atoms with van der Waals surface area (Å²) >= 11 is 1.74. The Balaban J connectivity index is 1.93. The number of likely N-dealkylation sites (tertiary alicyclic amines) is 1. The lowest BCUT2D eigenvalue weighted by Gasteiger charge is -2.35. The monoisotopic (exact) mass is 339 g/mol. The maximum atomic E-state index is 12.2. The van der Waals surface area contributed by atoms with Gasteiger partial charge in [-0.1, -0.05) is 0 Å². The molecule has 1 fully saturated rings. The second-order valence-electron chi connectivity index (χ2n) is 7.33. The van der Waals surface area contributed by atoms with E-state index in [4.69, 9.17) is 4.74 Å². The minimum absolute atomic E-state index is 0.198. The number of thiazole rings is 1. The third-order valence-corrected chi connectivity index (χ3v) is 4.81. The van der Waals surface area contributed by atoms with Crippen LogP contribution in [0.3, 0.4) is 0 Å². The number of amides is 1. The molecule has 1 aromatic rings. The van der Waals surface area contributed by atoms with Crippen LogP contribution >= 0.6 is 11.3 Å². The fourth-order valence-electron chi connectivity index (χ4n) is 2.98. The van der Waals surface area contributed by atoms with Crippen molar-refractivity contribution in [2.24, 2.45) is 0 Å². The maximum absolute atomic E-state index is 12.2. The van der Waals surface area contributed by atoms with Crippen molar-refractivity contribution in [1.29, 1.82) is 0 Å². The number of nitrogens with one attached hydrogen (secondary N) is 1. The number of rotatable bonds is 3. The number of aromatic nitrogens is 1. The van der Waals surface area contributed by atoms with Gasteiger partial charge in [0, 0.05) is 30.1 Å². The minimum Gasteiger partial charge on any atom is -0.444 e. The van der Waals surface area contributed by atoms with Gasteiger partial charge in [0.15, 0.2) is 0 Å². The zero-order valence-electron chi connectivity index (χ0n) is 15.1. The van der Waals surface area contributed by atoms with Crippen molar-refractivity contribution in [3.05, 3.63) is 15.6 Å². The first-order valence-electron chi connectivity index (χ1n) is 8.33. The molecule has 130 valence electrons. The van der Waals surface area contributed by atoms with Crippen molar-refractivity contribution in [3.63, 3.8) is 0 Å². The van der Waals surface area contributed by atoms with Crippen molar-refractivity contribution < 1.29 is 9.53 Å². The molecule has 1 amide bonds. The second-order valence-corrected chi connectivity index (χ2v) is 8.74. The average molecular weight is 340 g/mol. The molecule has 1 N–H and O–H groups in total. The summed E-state index contributed by atoms with van der Waals surface area (Å²) in [6.07, 6.45) is 1.86. The number of aryl methyl sites for hydroxylation is 2. The number of hydrogen-bond donors (Lipinski definition) is 1. The molecule has 6 heteroatoms. The lowest BCUT2D eigenvalue weighted by atomic mass is 10.0. The minimum atomic E-state index is -0.444. The molecule has 2 rings (SSSR count). The summed E-state index contributed by atoms with van der Waals surface area (Å²) in [5.41, 5.74) is 0.682. The summed E-state index contributed by atoms with van der Waals surface area (Å²) in [7, 11) is 0. The van der Waals surface area contributed by atoms with Gasteiger partial charge < -0.3 is 15.0 Å². The van der Waals surface area contributed by atoms with Crippen LogP contribution < -0.4 is 5.32 Å². The van der Waals surface area contributed by atoms with E-state index in [0.717, 1.165) is 30.1 Å². The first kappa shape index (κ1) is 18.2. The third-order valence-electron chi connectivity index (χ3n) is 3.91. The van der Waals surface area contributed by atoms with Crippen LogP contribution in [0.1, 0.15) is 62.2 Å². The first-order chi connectivity index (χ1) is 10.7. The van der Waals surface area contributed by atoms with Crippen LogP contribution in [0.2, 0.25) is 0 Å². The van der Waals surface area contributed by atoms with Gasteiger partial charge in [0.25, 0.3) is 0 Å². The highest BCUT2D eigenvalue weighted by atomic mass is 32.1. The van der Waals surface area contributed by atoms with E-state index in [1.807, 2.05) is 32.6 Å². The molecular formula is C17H29N3O2S. The highest BCUT2D eigenvalue weighted by Gasteiger charge is 2.28. The van der Waals surface area contributed by atoms with Crippen molar-refractivity contribution in [3.8, 4) is 0 Å². The molecule has 0 bridgehead atoms. The number of nitrogens with zero attached hydrogens (tertiary/aromatic N) is 2. The number of hydrogen-bond acceptors (Lipinski definition) is 5. The van der Waals surface area contributed by atoms with Crippen molar-refractivity contribution >= 4 is 17.4 Å². The van der Waals surface area contributed by atoms with E-state index in [2.05, 4.69) is 24.1 Å². The standard InChI is InChI=1S/C17H29N3O2S/c1-11(15-12(2)23-13(3)19-15)18-14-8-7-9-20(10-14)16(21)22-17(4,5)6/h11,14,18H,7-10H2,1-6H3. The molecule has 1 saturated heterocycles. The molecule has 2 heterocycles. The van der Waals surface area contributed by atoms with E-state index in [1.165, 1.54) is 4.88 Å². The number of ether oxygens (including phenoxy) is 1. The fourth-order valence-corrected chi connectivity index (χ4v) is 3.90. The molecule has 0 saturated carbocycles. The summed E-state index contributed by atoms with van der Waals surface area (Å²) < 4.78 is 5.49. The Bertz CT molecular complexity index is 551. The van der Waals surface area contributed by atoms with Crippen LogP contribution in [0.4, 0.5) is 4.79 Å². The molecule has 0 radical (unpaired) electrons. The predicted octanol–water partition coefficient (Wildman–Crippen LogP) is 3.81. The molecular weight excluding hydrogens is 310 g/mol. The van der Waals surface area contributed by atoms with Gasteiger partial charge in [-0.25, -0.2) is 9.78 Å². The van der Waals surface area contributed by atoms with E-state index < -0.39 is 5.60 Å². The van der Waals surface area contributed by atoms with Gasteiger partial charge in [0.2, 0.25) is 0 Å². The Kier molecular flexibility index (Phi) is 5.68. The Morgan fingerprint density at radius 1 is 1.43 bits per heavy atom. The van der Waals surface area contributed by atoms with Gasteiger partial charge >= 0.3 is 6.09 Å². The van der Waals surface area contributed by atoms with Crippen LogP contribution in [-0.2, 0) is 4.74 Å². The van der Waals surface area contributed by atoms with Gasteiger partial charge in [0.1, 0.15) is 5.60 Å². The SMILES string of the molecule is Cc1nc(C(C)NC2CCCN(C(=O)OC(C)(C)C)C2)c(C)s1. The van der Waals surface area contributed by atoms with E-state index in [-0.39, 0.29) is 18.2 Å². The molecule has 0 aliphatic carbocycles. The average Bonchev–Trinajstić information content (AvgIpc) is 2.76. The molecule has 1 aromatic heterocycles. The Morgan fingerprint density at radius 2 is 2.13 bits per heavy atom. The smallest absolute Gasteiger partial charge is 0.410 e. The predicted molar refractivity (Wildman–Crippen MR) is 94.0 cm³/mol. The molecule has 0 aromatic carbocycles. The quantitative estimate of drug-likeness (QED) is 0.910. The summed E-state index contributed by atoms with van der Waals surface area (Å²) in [4.78, 5) is 20.0. The second kappa shape index (κ2) is 7.18.